The summed E-state index contributed by atoms with van der Waals surface area (Å²) in [5.74, 6) is 0. The number of ether oxygens (including phenoxy) is 1. The predicted molar refractivity (Wildman–Crippen MR) is 137 cm³/mol. The lowest BCUT2D eigenvalue weighted by Crippen LogP contribution is -2.36. The summed E-state index contributed by atoms with van der Waals surface area (Å²) in [7, 11) is 0. The van der Waals surface area contributed by atoms with E-state index >= 15 is 4.39 Å². The van der Waals surface area contributed by atoms with Crippen LogP contribution in [0, 0.1) is 0 Å². The molecule has 1 aromatic carbocycles. The second kappa shape index (κ2) is 9.12. The summed E-state index contributed by atoms with van der Waals surface area (Å²) in [5.41, 5.74) is 3.36. The van der Waals surface area contributed by atoms with Crippen molar-refractivity contribution in [1.82, 2.24) is 24.1 Å². The van der Waals surface area contributed by atoms with Crippen molar-refractivity contribution in [2.24, 2.45) is 0 Å². The Kier molecular flexibility index (Phi) is 5.92. The summed E-state index contributed by atoms with van der Waals surface area (Å²) in [4.78, 5) is 9.47. The van der Waals surface area contributed by atoms with Crippen molar-refractivity contribution in [1.29, 1.82) is 0 Å². The molecule has 0 unspecified atom stereocenters. The lowest BCUT2D eigenvalue weighted by atomic mass is 9.97. The van der Waals surface area contributed by atoms with E-state index in [9.17, 15) is 5.11 Å². The van der Waals surface area contributed by atoms with Crippen LogP contribution in [0.1, 0.15) is 18.5 Å². The van der Waals surface area contributed by atoms with Crippen molar-refractivity contribution in [2.45, 2.75) is 31.7 Å². The number of imidazole rings is 1. The molecule has 184 valence electrons. The number of nitrogens with zero attached hydrogens (tertiary/aromatic N) is 5. The molecule has 1 N–H and O–H groups in total. The van der Waals surface area contributed by atoms with Crippen LogP contribution in [-0.2, 0) is 17.9 Å². The van der Waals surface area contributed by atoms with Gasteiger partial charge in [-0.3, -0.25) is 9.67 Å². The highest BCUT2D eigenvalue weighted by atomic mass is 35.5. The second-order valence-corrected chi connectivity index (χ2v) is 9.83. The van der Waals surface area contributed by atoms with Crippen molar-refractivity contribution in [3.8, 4) is 22.4 Å². The van der Waals surface area contributed by atoms with Crippen LogP contribution in [0.4, 0.5) is 4.39 Å². The molecule has 1 fully saturated rings. The fourth-order valence-corrected chi connectivity index (χ4v) is 5.34. The van der Waals surface area contributed by atoms with Gasteiger partial charge >= 0.3 is 0 Å². The minimum absolute atomic E-state index is 0.184. The zero-order valence-electron chi connectivity index (χ0n) is 19.2. The predicted octanol–water partition coefficient (Wildman–Crippen LogP) is 5.73. The summed E-state index contributed by atoms with van der Waals surface area (Å²) in [5, 5.41) is 16.3. The Morgan fingerprint density at radius 3 is 2.61 bits per heavy atom. The number of fused-ring (bicyclic) bond motifs is 3. The van der Waals surface area contributed by atoms with E-state index in [0.29, 0.717) is 58.7 Å². The first-order valence-corrected chi connectivity index (χ1v) is 12.4. The molecule has 5 heterocycles. The van der Waals surface area contributed by atoms with Crippen molar-refractivity contribution in [3.63, 3.8) is 0 Å². The molecule has 7 nitrogen and oxygen atoms in total. The zero-order chi connectivity index (χ0) is 24.9. The van der Waals surface area contributed by atoms with Gasteiger partial charge in [0.1, 0.15) is 11.3 Å². The number of alkyl halides is 1. The number of aliphatic hydroxyl groups is 1. The maximum Gasteiger partial charge on any atom is 0.147 e. The molecule has 0 saturated carbocycles. The van der Waals surface area contributed by atoms with E-state index in [1.54, 1.807) is 35.3 Å². The summed E-state index contributed by atoms with van der Waals surface area (Å²) in [6, 6.07) is 9.09. The minimum Gasteiger partial charge on any atom is -0.390 e. The number of pyridine rings is 2. The van der Waals surface area contributed by atoms with E-state index in [-0.39, 0.29) is 13.2 Å². The van der Waals surface area contributed by atoms with Gasteiger partial charge in [-0.1, -0.05) is 29.3 Å². The Morgan fingerprint density at radius 1 is 1.08 bits per heavy atom. The molecular weight excluding hydrogens is 504 g/mol. The van der Waals surface area contributed by atoms with Gasteiger partial charge in [0.15, 0.2) is 0 Å². The smallest absolute Gasteiger partial charge is 0.147 e. The van der Waals surface area contributed by atoms with Crippen molar-refractivity contribution >= 4 is 39.8 Å². The van der Waals surface area contributed by atoms with Gasteiger partial charge in [-0.15, -0.1) is 0 Å². The normalized spacial score (nSPS) is 15.7. The maximum atomic E-state index is 15.1. The Balaban J connectivity index is 1.44. The molecule has 0 radical (unpaired) electrons. The van der Waals surface area contributed by atoms with E-state index in [4.69, 9.17) is 32.9 Å². The summed E-state index contributed by atoms with van der Waals surface area (Å²) in [6.45, 7) is 0.788. The molecule has 5 aromatic rings. The lowest BCUT2D eigenvalue weighted by molar-refractivity contribution is -0.0194. The summed E-state index contributed by atoms with van der Waals surface area (Å²) < 4.78 is 23.9. The van der Waals surface area contributed by atoms with Crippen LogP contribution in [0.3, 0.4) is 0 Å². The molecule has 1 saturated heterocycles. The Hall–Kier alpha value is -3.04. The molecule has 0 aliphatic carbocycles. The lowest BCUT2D eigenvalue weighted by Gasteiger charge is -2.29. The van der Waals surface area contributed by atoms with Gasteiger partial charge in [0.05, 0.1) is 46.3 Å². The van der Waals surface area contributed by atoms with E-state index in [0.717, 1.165) is 22.0 Å². The first kappa shape index (κ1) is 23.4. The fraction of sp³-hybridized carbons (Fsp3) is 0.269. The highest BCUT2D eigenvalue weighted by Crippen LogP contribution is 2.38. The van der Waals surface area contributed by atoms with E-state index in [1.807, 2.05) is 28.9 Å². The Morgan fingerprint density at radius 2 is 1.86 bits per heavy atom. The summed E-state index contributed by atoms with van der Waals surface area (Å²) >= 11 is 12.9. The maximum absolute atomic E-state index is 15.1. The van der Waals surface area contributed by atoms with Gasteiger partial charge in [0.25, 0.3) is 0 Å². The molecule has 6 rings (SSSR count). The molecule has 0 bridgehead atoms. The molecule has 1 aliphatic rings. The van der Waals surface area contributed by atoms with Gasteiger partial charge in [-0.25, -0.2) is 9.37 Å². The molecule has 0 atom stereocenters. The highest BCUT2D eigenvalue weighted by molar-refractivity contribution is 6.39. The van der Waals surface area contributed by atoms with Crippen LogP contribution >= 0.6 is 23.2 Å². The number of hydrogen-bond acceptors (Lipinski definition) is 5. The average Bonchev–Trinajstić information content (AvgIpc) is 3.48. The minimum atomic E-state index is -1.32. The van der Waals surface area contributed by atoms with E-state index in [1.165, 1.54) is 0 Å². The number of halogens is 3. The standard InChI is InChI=1S/C26H22Cl2FN5O2/c27-19-2-1-3-20(28)23(19)24-22(14-35)34-7-4-21-18(25(34)32-24)10-16(11-30-21)17-12-31-33(13-17)15-26(29)5-8-36-9-6-26/h1-4,7,10-13,35H,5-6,8-9,14-15H2. The monoisotopic (exact) mass is 525 g/mol. The van der Waals surface area contributed by atoms with Crippen LogP contribution in [0.15, 0.2) is 55.1 Å². The third-order valence-electron chi connectivity index (χ3n) is 6.70. The Labute approximate surface area is 216 Å². The van der Waals surface area contributed by atoms with Crippen LogP contribution in [0.25, 0.3) is 38.9 Å². The zero-order valence-corrected chi connectivity index (χ0v) is 20.7. The average molecular weight is 526 g/mol. The van der Waals surface area contributed by atoms with E-state index in [2.05, 4.69) is 10.1 Å². The van der Waals surface area contributed by atoms with E-state index < -0.39 is 5.67 Å². The number of benzene rings is 1. The quantitative estimate of drug-likeness (QED) is 0.317. The first-order valence-electron chi connectivity index (χ1n) is 11.6. The number of aliphatic hydroxyl groups excluding tert-OH is 1. The third kappa shape index (κ3) is 4.04. The van der Waals surface area contributed by atoms with Crippen LogP contribution in [-0.4, -0.2) is 48.1 Å². The number of hydrogen-bond donors (Lipinski definition) is 1. The van der Waals surface area contributed by atoms with Crippen LogP contribution < -0.4 is 0 Å². The molecule has 36 heavy (non-hydrogen) atoms. The number of rotatable bonds is 5. The van der Waals surface area contributed by atoms with Crippen LogP contribution in [0.2, 0.25) is 10.0 Å². The van der Waals surface area contributed by atoms with Gasteiger partial charge in [0, 0.05) is 66.7 Å². The fourth-order valence-electron chi connectivity index (χ4n) is 4.77. The largest absolute Gasteiger partial charge is 0.390 e. The SMILES string of the molecule is OCc1c(-c2c(Cl)cccc2Cl)nc2c3cc(-c4cnn(CC5(F)CCOCC5)c4)cnc3ccn12. The van der Waals surface area contributed by atoms with Gasteiger partial charge in [-0.2, -0.15) is 5.10 Å². The molecule has 10 heteroatoms. The molecule has 0 amide bonds. The van der Waals surface area contributed by atoms with Gasteiger partial charge < -0.3 is 14.2 Å². The molecule has 4 aromatic heterocycles. The summed E-state index contributed by atoms with van der Waals surface area (Å²) in [6.07, 6.45) is 7.86. The van der Waals surface area contributed by atoms with Crippen molar-refractivity contribution < 1.29 is 14.2 Å². The topological polar surface area (TPSA) is 77.5 Å². The first-order chi connectivity index (χ1) is 17.5. The van der Waals surface area contributed by atoms with Gasteiger partial charge in [0.2, 0.25) is 0 Å². The van der Waals surface area contributed by atoms with Crippen molar-refractivity contribution in [2.75, 3.05) is 13.2 Å². The molecular formula is C26H22Cl2FN5O2. The van der Waals surface area contributed by atoms with Crippen LogP contribution in [0.5, 0.6) is 0 Å². The third-order valence-corrected chi connectivity index (χ3v) is 7.33. The van der Waals surface area contributed by atoms with Crippen molar-refractivity contribution in [3.05, 3.63) is 70.9 Å². The Bertz CT molecular complexity index is 1570. The second-order valence-electron chi connectivity index (χ2n) is 9.02. The molecule has 1 aliphatic heterocycles. The number of aromatic nitrogens is 5. The van der Waals surface area contributed by atoms with Gasteiger partial charge in [-0.05, 0) is 24.3 Å². The molecule has 0 spiro atoms. The highest BCUT2D eigenvalue weighted by Gasteiger charge is 2.33.